The van der Waals surface area contributed by atoms with Gasteiger partial charge in [-0.1, -0.05) is 13.8 Å². The Labute approximate surface area is 91.5 Å². The highest BCUT2D eigenvalue weighted by Gasteiger charge is 2.72. The number of nitrogens with two attached hydrogens (primary N) is 1. The maximum Gasteiger partial charge on any atom is 0.261 e. The second-order valence-electron chi connectivity index (χ2n) is 4.39. The second kappa shape index (κ2) is 3.22. The number of rotatable bonds is 3. The molecule has 1 aromatic heterocycles. The molecule has 0 spiro atoms. The van der Waals surface area contributed by atoms with Crippen LogP contribution >= 0.6 is 11.3 Å². The van der Waals surface area contributed by atoms with Crippen LogP contribution in [0.1, 0.15) is 36.9 Å². The number of hydrogen-bond donors (Lipinski definition) is 1. The van der Waals surface area contributed by atoms with Crippen LogP contribution in [0.25, 0.3) is 0 Å². The van der Waals surface area contributed by atoms with Crippen LogP contribution in [-0.4, -0.2) is 17.5 Å². The van der Waals surface area contributed by atoms with Crippen molar-refractivity contribution in [3.8, 4) is 0 Å². The number of hydrogen-bond acceptors (Lipinski definition) is 3. The third-order valence-electron chi connectivity index (χ3n) is 2.95. The van der Waals surface area contributed by atoms with Crippen LogP contribution < -0.4 is 5.73 Å². The Morgan fingerprint density at radius 2 is 2.20 bits per heavy atom. The van der Waals surface area contributed by atoms with Gasteiger partial charge in [0.2, 0.25) is 0 Å². The van der Waals surface area contributed by atoms with Crippen LogP contribution in [0.5, 0.6) is 0 Å². The predicted molar refractivity (Wildman–Crippen MR) is 56.5 cm³/mol. The quantitative estimate of drug-likeness (QED) is 0.869. The Balaban J connectivity index is 2.30. The summed E-state index contributed by atoms with van der Waals surface area (Å²) in [5.74, 6) is -2.38. The van der Waals surface area contributed by atoms with Crippen molar-refractivity contribution in [3.63, 3.8) is 0 Å². The van der Waals surface area contributed by atoms with Gasteiger partial charge in [-0.3, -0.25) is 0 Å². The van der Waals surface area contributed by atoms with Gasteiger partial charge in [0.05, 0.1) is 16.1 Å². The van der Waals surface area contributed by atoms with Crippen LogP contribution in [-0.2, 0) is 5.41 Å². The van der Waals surface area contributed by atoms with Crippen LogP contribution in [0.3, 0.4) is 0 Å². The van der Waals surface area contributed by atoms with Crippen molar-refractivity contribution in [2.45, 2.75) is 37.5 Å². The van der Waals surface area contributed by atoms with E-state index in [4.69, 9.17) is 5.73 Å². The minimum Gasteiger partial charge on any atom is -0.329 e. The van der Waals surface area contributed by atoms with E-state index in [1.807, 2.05) is 13.8 Å². The summed E-state index contributed by atoms with van der Waals surface area (Å²) in [5.41, 5.74) is 4.75. The molecule has 5 heteroatoms. The molecule has 1 aromatic rings. The molecule has 1 fully saturated rings. The fraction of sp³-hybridized carbons (Fsp3) is 0.700. The molecule has 0 amide bonds. The Kier molecular flexibility index (Phi) is 2.35. The van der Waals surface area contributed by atoms with Gasteiger partial charge in [-0.2, -0.15) is 0 Å². The van der Waals surface area contributed by atoms with Crippen molar-refractivity contribution < 1.29 is 8.78 Å². The first-order valence-electron chi connectivity index (χ1n) is 4.97. The number of thiazole rings is 1. The highest BCUT2D eigenvalue weighted by molar-refractivity contribution is 7.09. The first kappa shape index (κ1) is 11.0. The molecular formula is C10H14F2N2S. The van der Waals surface area contributed by atoms with E-state index >= 15 is 0 Å². The highest BCUT2D eigenvalue weighted by atomic mass is 32.1. The van der Waals surface area contributed by atoms with E-state index in [2.05, 4.69) is 4.98 Å². The topological polar surface area (TPSA) is 38.9 Å². The highest BCUT2D eigenvalue weighted by Crippen LogP contribution is 2.60. The summed E-state index contributed by atoms with van der Waals surface area (Å²) >= 11 is 1.44. The molecule has 0 radical (unpaired) electrons. The van der Waals surface area contributed by atoms with E-state index in [0.29, 0.717) is 5.69 Å². The third-order valence-corrected chi connectivity index (χ3v) is 4.10. The molecule has 1 aliphatic carbocycles. The predicted octanol–water partition coefficient (Wildman–Crippen LogP) is 2.50. The van der Waals surface area contributed by atoms with E-state index in [1.165, 1.54) is 11.3 Å². The van der Waals surface area contributed by atoms with Crippen LogP contribution in [0, 0.1) is 0 Å². The minimum absolute atomic E-state index is 0.0265. The Bertz CT molecular complexity index is 375. The number of nitrogens with zero attached hydrogens (tertiary/aromatic N) is 1. The monoisotopic (exact) mass is 232 g/mol. The maximum absolute atomic E-state index is 13.2. The lowest BCUT2D eigenvalue weighted by Crippen LogP contribution is -2.27. The van der Waals surface area contributed by atoms with Crippen molar-refractivity contribution in [2.75, 3.05) is 6.54 Å². The van der Waals surface area contributed by atoms with Gasteiger partial charge in [0.15, 0.2) is 0 Å². The summed E-state index contributed by atoms with van der Waals surface area (Å²) in [6, 6.07) is 0. The van der Waals surface area contributed by atoms with Crippen molar-refractivity contribution in [3.05, 3.63) is 16.1 Å². The van der Waals surface area contributed by atoms with Gasteiger partial charge in [-0.15, -0.1) is 11.3 Å². The summed E-state index contributed by atoms with van der Waals surface area (Å²) in [4.78, 5) is 4.27. The zero-order chi connectivity index (χ0) is 11.3. The number of halogens is 2. The molecule has 15 heavy (non-hydrogen) atoms. The molecule has 1 atom stereocenters. The Hall–Kier alpha value is -0.550. The fourth-order valence-electron chi connectivity index (χ4n) is 1.71. The SMILES string of the molecule is CC(C)c1nc(C2(CN)CC2(F)F)cs1. The molecule has 1 aliphatic rings. The first-order chi connectivity index (χ1) is 6.93. The molecule has 2 nitrogen and oxygen atoms in total. The molecule has 0 bridgehead atoms. The van der Waals surface area contributed by atoms with Gasteiger partial charge in [-0.25, -0.2) is 13.8 Å². The lowest BCUT2D eigenvalue weighted by atomic mass is 10.0. The normalized spacial score (nSPS) is 28.4. The smallest absolute Gasteiger partial charge is 0.261 e. The summed E-state index contributed by atoms with van der Waals surface area (Å²) in [6.45, 7) is 3.98. The molecule has 0 saturated heterocycles. The molecule has 84 valence electrons. The molecule has 1 saturated carbocycles. The summed E-state index contributed by atoms with van der Waals surface area (Å²) in [7, 11) is 0. The Morgan fingerprint density at radius 1 is 1.60 bits per heavy atom. The standard InChI is InChI=1S/C10H14F2N2S/c1-6(2)8-14-7(3-15-8)9(5-13)4-10(9,11)12/h3,6H,4-5,13H2,1-2H3. The zero-order valence-electron chi connectivity index (χ0n) is 8.76. The molecular weight excluding hydrogens is 218 g/mol. The Morgan fingerprint density at radius 3 is 2.53 bits per heavy atom. The number of aromatic nitrogens is 1. The van der Waals surface area contributed by atoms with E-state index < -0.39 is 11.3 Å². The average molecular weight is 232 g/mol. The van der Waals surface area contributed by atoms with Gasteiger partial charge in [-0.05, 0) is 0 Å². The average Bonchev–Trinajstić information content (AvgIpc) is 2.59. The van der Waals surface area contributed by atoms with Crippen LogP contribution in [0.2, 0.25) is 0 Å². The largest absolute Gasteiger partial charge is 0.329 e. The van der Waals surface area contributed by atoms with Crippen molar-refractivity contribution in [1.82, 2.24) is 4.98 Å². The van der Waals surface area contributed by atoms with Crippen LogP contribution in [0.15, 0.2) is 5.38 Å². The van der Waals surface area contributed by atoms with Gasteiger partial charge >= 0.3 is 0 Å². The van der Waals surface area contributed by atoms with E-state index in [1.54, 1.807) is 5.38 Å². The van der Waals surface area contributed by atoms with Crippen molar-refractivity contribution in [1.29, 1.82) is 0 Å². The molecule has 2 N–H and O–H groups in total. The van der Waals surface area contributed by atoms with Gasteiger partial charge in [0.25, 0.3) is 5.92 Å². The molecule has 2 rings (SSSR count). The van der Waals surface area contributed by atoms with Crippen LogP contribution in [0.4, 0.5) is 8.78 Å². The lowest BCUT2D eigenvalue weighted by molar-refractivity contribution is 0.0887. The van der Waals surface area contributed by atoms with Crippen molar-refractivity contribution in [2.24, 2.45) is 5.73 Å². The minimum atomic E-state index is -2.66. The molecule has 0 aliphatic heterocycles. The van der Waals surface area contributed by atoms with E-state index in [-0.39, 0.29) is 18.9 Å². The summed E-state index contributed by atoms with van der Waals surface area (Å²) < 4.78 is 26.5. The first-order valence-corrected chi connectivity index (χ1v) is 5.85. The number of alkyl halides is 2. The van der Waals surface area contributed by atoms with Gasteiger partial charge in [0, 0.05) is 24.3 Å². The van der Waals surface area contributed by atoms with Gasteiger partial charge < -0.3 is 5.73 Å². The van der Waals surface area contributed by atoms with E-state index in [9.17, 15) is 8.78 Å². The summed E-state index contributed by atoms with van der Waals surface area (Å²) in [6.07, 6.45) is -0.155. The maximum atomic E-state index is 13.2. The zero-order valence-corrected chi connectivity index (χ0v) is 9.57. The summed E-state index contributed by atoms with van der Waals surface area (Å²) in [5, 5.41) is 2.63. The van der Waals surface area contributed by atoms with Crippen molar-refractivity contribution >= 4 is 11.3 Å². The molecule has 0 aromatic carbocycles. The van der Waals surface area contributed by atoms with E-state index in [0.717, 1.165) is 5.01 Å². The van der Waals surface area contributed by atoms with Gasteiger partial charge in [0.1, 0.15) is 0 Å². The lowest BCUT2D eigenvalue weighted by Gasteiger charge is -2.10. The second-order valence-corrected chi connectivity index (χ2v) is 5.28. The fourth-order valence-corrected chi connectivity index (χ4v) is 2.65. The third kappa shape index (κ3) is 1.49. The molecule has 1 heterocycles. The molecule has 1 unspecified atom stereocenters.